The van der Waals surface area contributed by atoms with Gasteiger partial charge in [0.2, 0.25) is 0 Å². The fourth-order valence-corrected chi connectivity index (χ4v) is 5.20. The molecular formula is C23H25N3O2S2. The lowest BCUT2D eigenvalue weighted by atomic mass is 10.1. The number of nitrogens with zero attached hydrogens (tertiary/aromatic N) is 2. The largest absolute Gasteiger partial charge is 0.497 e. The van der Waals surface area contributed by atoms with Crippen molar-refractivity contribution in [2.75, 3.05) is 37.0 Å². The Kier molecular flexibility index (Phi) is 6.72. The third kappa shape index (κ3) is 5.03. The first-order valence-electron chi connectivity index (χ1n) is 9.93. The molecule has 0 unspecified atom stereocenters. The summed E-state index contributed by atoms with van der Waals surface area (Å²) < 4.78 is 5.19. The maximum atomic E-state index is 12.7. The van der Waals surface area contributed by atoms with E-state index in [9.17, 15) is 4.79 Å². The summed E-state index contributed by atoms with van der Waals surface area (Å²) in [6.45, 7) is 5.28. The van der Waals surface area contributed by atoms with Crippen LogP contribution in [0.15, 0.2) is 47.8 Å². The average molecular weight is 440 g/mol. The second-order valence-electron chi connectivity index (χ2n) is 7.26. The van der Waals surface area contributed by atoms with Gasteiger partial charge in [0.25, 0.3) is 5.91 Å². The molecule has 1 aliphatic rings. The molecule has 30 heavy (non-hydrogen) atoms. The first-order valence-corrected chi connectivity index (χ1v) is 12.0. The van der Waals surface area contributed by atoms with Crippen molar-refractivity contribution in [2.24, 2.45) is 0 Å². The first kappa shape index (κ1) is 20.9. The van der Waals surface area contributed by atoms with E-state index >= 15 is 0 Å². The van der Waals surface area contributed by atoms with E-state index in [2.05, 4.69) is 27.3 Å². The molecule has 3 aromatic rings. The second-order valence-corrected chi connectivity index (χ2v) is 9.34. The summed E-state index contributed by atoms with van der Waals surface area (Å²) >= 11 is 3.48. The molecule has 1 saturated heterocycles. The predicted octanol–water partition coefficient (Wildman–Crippen LogP) is 4.93. The van der Waals surface area contributed by atoms with Crippen molar-refractivity contribution in [3.63, 3.8) is 0 Å². The maximum Gasteiger partial charge on any atom is 0.275 e. The van der Waals surface area contributed by atoms with E-state index in [0.717, 1.165) is 47.2 Å². The van der Waals surface area contributed by atoms with Crippen LogP contribution in [0.4, 0.5) is 5.69 Å². The van der Waals surface area contributed by atoms with Crippen molar-refractivity contribution < 1.29 is 9.53 Å². The van der Waals surface area contributed by atoms with Crippen molar-refractivity contribution in [3.05, 3.63) is 64.7 Å². The van der Waals surface area contributed by atoms with E-state index < -0.39 is 0 Å². The highest BCUT2D eigenvalue weighted by Crippen LogP contribution is 2.26. The molecule has 0 radical (unpaired) electrons. The lowest BCUT2D eigenvalue weighted by Gasteiger charge is -2.26. The summed E-state index contributed by atoms with van der Waals surface area (Å²) in [6, 6.07) is 14.0. The average Bonchev–Trinajstić information content (AvgIpc) is 3.27. The number of nitrogens with one attached hydrogen (secondary N) is 1. The molecule has 7 heteroatoms. The molecule has 1 aromatic heterocycles. The number of thiazole rings is 1. The van der Waals surface area contributed by atoms with Crippen LogP contribution in [0, 0.1) is 6.92 Å². The van der Waals surface area contributed by atoms with Gasteiger partial charge in [-0.1, -0.05) is 12.1 Å². The highest BCUT2D eigenvalue weighted by Gasteiger charge is 2.15. The van der Waals surface area contributed by atoms with Crippen LogP contribution in [-0.2, 0) is 6.54 Å². The number of ether oxygens (including phenoxy) is 1. The zero-order valence-electron chi connectivity index (χ0n) is 17.2. The number of anilines is 1. The molecule has 4 rings (SSSR count). The van der Waals surface area contributed by atoms with E-state index in [0.29, 0.717) is 5.69 Å². The molecule has 0 atom stereocenters. The van der Waals surface area contributed by atoms with Gasteiger partial charge in [-0.25, -0.2) is 4.98 Å². The minimum absolute atomic E-state index is 0.185. The smallest absolute Gasteiger partial charge is 0.275 e. The molecule has 0 spiro atoms. The van der Waals surface area contributed by atoms with Crippen molar-refractivity contribution in [1.29, 1.82) is 0 Å². The van der Waals surface area contributed by atoms with Crippen LogP contribution in [0.2, 0.25) is 0 Å². The quantitative estimate of drug-likeness (QED) is 0.590. The van der Waals surface area contributed by atoms with E-state index in [1.54, 1.807) is 12.5 Å². The van der Waals surface area contributed by atoms with E-state index in [4.69, 9.17) is 4.74 Å². The number of thioether (sulfide) groups is 1. The number of aromatic nitrogens is 1. The molecule has 0 aliphatic carbocycles. The Morgan fingerprint density at radius 3 is 2.63 bits per heavy atom. The molecule has 1 N–H and O–H groups in total. The molecule has 2 heterocycles. The van der Waals surface area contributed by atoms with E-state index in [1.807, 2.05) is 49.0 Å². The summed E-state index contributed by atoms with van der Waals surface area (Å²) in [7, 11) is 1.64. The molecule has 1 aliphatic heterocycles. The fourth-order valence-electron chi connectivity index (χ4n) is 3.41. The standard InChI is InChI=1S/C23H25N3O2S2/c1-16-13-17(14-26-9-11-29-12-10-26)3-8-20(16)24-22(27)21-15-30-23(25-21)18-4-6-19(28-2)7-5-18/h3-8,13,15H,9-12,14H2,1-2H3,(H,24,27). The Morgan fingerprint density at radius 1 is 1.17 bits per heavy atom. The number of rotatable bonds is 6. The predicted molar refractivity (Wildman–Crippen MR) is 126 cm³/mol. The molecule has 2 aromatic carbocycles. The van der Waals surface area contributed by atoms with Crippen molar-refractivity contribution in [1.82, 2.24) is 9.88 Å². The third-order valence-electron chi connectivity index (χ3n) is 5.12. The van der Waals surface area contributed by atoms with Crippen molar-refractivity contribution in [2.45, 2.75) is 13.5 Å². The highest BCUT2D eigenvalue weighted by molar-refractivity contribution is 7.99. The number of aryl methyl sites for hydroxylation is 1. The minimum atomic E-state index is -0.185. The Bertz CT molecular complexity index is 1010. The van der Waals surface area contributed by atoms with Gasteiger partial charge in [0, 0.05) is 47.8 Å². The highest BCUT2D eigenvalue weighted by atomic mass is 32.2. The van der Waals surface area contributed by atoms with Gasteiger partial charge < -0.3 is 10.1 Å². The Hall–Kier alpha value is -2.35. The third-order valence-corrected chi connectivity index (χ3v) is 6.96. The van der Waals surface area contributed by atoms with Gasteiger partial charge in [0.1, 0.15) is 16.5 Å². The van der Waals surface area contributed by atoms with Crippen LogP contribution in [0.5, 0.6) is 5.75 Å². The van der Waals surface area contributed by atoms with E-state index in [1.165, 1.54) is 28.4 Å². The van der Waals surface area contributed by atoms with Crippen LogP contribution >= 0.6 is 23.1 Å². The first-order chi connectivity index (χ1) is 14.6. The normalized spacial score (nSPS) is 14.5. The zero-order valence-corrected chi connectivity index (χ0v) is 18.8. The lowest BCUT2D eigenvalue weighted by Crippen LogP contribution is -2.31. The van der Waals surface area contributed by atoms with Crippen molar-refractivity contribution in [3.8, 4) is 16.3 Å². The number of carbonyl (C=O) groups excluding carboxylic acids is 1. The molecule has 0 saturated carbocycles. The number of methoxy groups -OCH3 is 1. The van der Waals surface area contributed by atoms with E-state index in [-0.39, 0.29) is 5.91 Å². The van der Waals surface area contributed by atoms with Gasteiger partial charge in [0.15, 0.2) is 0 Å². The van der Waals surface area contributed by atoms with Crippen LogP contribution in [-0.4, -0.2) is 47.5 Å². The summed E-state index contributed by atoms with van der Waals surface area (Å²) in [5.74, 6) is 3.03. The van der Waals surface area contributed by atoms with Crippen molar-refractivity contribution >= 4 is 34.7 Å². The number of benzene rings is 2. The Labute approximate surface area is 185 Å². The fraction of sp³-hybridized carbons (Fsp3) is 0.304. The summed E-state index contributed by atoms with van der Waals surface area (Å²) in [5, 5.41) is 5.62. The number of hydrogen-bond donors (Lipinski definition) is 1. The van der Waals surface area contributed by atoms with Gasteiger partial charge in [-0.15, -0.1) is 11.3 Å². The zero-order chi connectivity index (χ0) is 20.9. The molecule has 0 bridgehead atoms. The SMILES string of the molecule is COc1ccc(-c2nc(C(=O)Nc3ccc(CN4CCSCC4)cc3C)cs2)cc1. The van der Waals surface area contributed by atoms with Crippen LogP contribution in [0.1, 0.15) is 21.6 Å². The van der Waals surface area contributed by atoms with Gasteiger partial charge in [-0.3, -0.25) is 9.69 Å². The number of hydrogen-bond acceptors (Lipinski definition) is 6. The summed E-state index contributed by atoms with van der Waals surface area (Å²) in [4.78, 5) is 19.7. The van der Waals surface area contributed by atoms with Crippen LogP contribution in [0.25, 0.3) is 10.6 Å². The molecule has 156 valence electrons. The monoisotopic (exact) mass is 439 g/mol. The molecule has 1 fully saturated rings. The van der Waals surface area contributed by atoms with Crippen LogP contribution in [0.3, 0.4) is 0 Å². The molecule has 5 nitrogen and oxygen atoms in total. The summed E-state index contributed by atoms with van der Waals surface area (Å²) in [5.41, 5.74) is 4.58. The Morgan fingerprint density at radius 2 is 1.93 bits per heavy atom. The number of amides is 1. The second kappa shape index (κ2) is 9.64. The maximum absolute atomic E-state index is 12.7. The lowest BCUT2D eigenvalue weighted by molar-refractivity contribution is 0.102. The molecular weight excluding hydrogens is 414 g/mol. The van der Waals surface area contributed by atoms with Gasteiger partial charge in [0.05, 0.1) is 7.11 Å². The Balaban J connectivity index is 1.41. The number of carbonyl (C=O) groups is 1. The van der Waals surface area contributed by atoms with Gasteiger partial charge in [-0.05, 0) is 48.4 Å². The van der Waals surface area contributed by atoms with Crippen LogP contribution < -0.4 is 10.1 Å². The minimum Gasteiger partial charge on any atom is -0.497 e. The summed E-state index contributed by atoms with van der Waals surface area (Å²) in [6.07, 6.45) is 0. The molecule has 1 amide bonds. The van der Waals surface area contributed by atoms with Gasteiger partial charge >= 0.3 is 0 Å². The topological polar surface area (TPSA) is 54.5 Å². The van der Waals surface area contributed by atoms with Gasteiger partial charge in [-0.2, -0.15) is 11.8 Å².